The molecule has 0 spiro atoms. The monoisotopic (exact) mass is 464 g/mol. The summed E-state index contributed by atoms with van der Waals surface area (Å²) in [5.74, 6) is 2.19. The lowest BCUT2D eigenvalue weighted by Gasteiger charge is -2.58. The van der Waals surface area contributed by atoms with Gasteiger partial charge >= 0.3 is 0 Å². The summed E-state index contributed by atoms with van der Waals surface area (Å²) in [4.78, 5) is 2.87. The van der Waals surface area contributed by atoms with E-state index < -0.39 is 8.24 Å². The van der Waals surface area contributed by atoms with Gasteiger partial charge in [0, 0.05) is 17.1 Å². The molecule has 2 nitrogen and oxygen atoms in total. The molecule has 1 saturated heterocycles. The SMILES string of the molecule is CC1CCN(C2CC([Si](C)(c3ccccc3)N(C(C)(C)C)C(C)(C)C)C3C=CC=CC32)CC1. The summed E-state index contributed by atoms with van der Waals surface area (Å²) in [6.45, 7) is 22.4. The van der Waals surface area contributed by atoms with E-state index in [4.69, 9.17) is 0 Å². The number of hydrogen-bond donors (Lipinski definition) is 0. The summed E-state index contributed by atoms with van der Waals surface area (Å²) < 4.78 is 2.98. The van der Waals surface area contributed by atoms with E-state index in [2.05, 4.69) is 119 Å². The van der Waals surface area contributed by atoms with Crippen molar-refractivity contribution in [2.75, 3.05) is 13.1 Å². The molecule has 4 rings (SSSR count). The molecule has 0 N–H and O–H groups in total. The Balaban J connectivity index is 1.81. The molecule has 182 valence electrons. The second kappa shape index (κ2) is 9.13. The van der Waals surface area contributed by atoms with Gasteiger partial charge in [-0.3, -0.25) is 4.90 Å². The Labute approximate surface area is 205 Å². The van der Waals surface area contributed by atoms with Gasteiger partial charge in [-0.15, -0.1) is 0 Å². The molecule has 5 atom stereocenters. The second-order valence-corrected chi connectivity index (χ2v) is 17.3. The molecule has 2 fully saturated rings. The zero-order valence-electron chi connectivity index (χ0n) is 22.5. The molecular formula is C30H48N2Si. The van der Waals surface area contributed by atoms with Gasteiger partial charge in [0.05, 0.1) is 0 Å². The number of fused-ring (bicyclic) bond motifs is 1. The maximum atomic E-state index is 2.98. The van der Waals surface area contributed by atoms with Crippen LogP contribution in [0.2, 0.25) is 12.1 Å². The lowest BCUT2D eigenvalue weighted by atomic mass is 9.87. The van der Waals surface area contributed by atoms with Crippen molar-refractivity contribution in [2.24, 2.45) is 17.8 Å². The summed E-state index contributed by atoms with van der Waals surface area (Å²) in [5.41, 5.74) is 0.920. The lowest BCUT2D eigenvalue weighted by molar-refractivity contribution is 0.118. The number of allylic oxidation sites excluding steroid dienone is 3. The van der Waals surface area contributed by atoms with E-state index in [0.717, 1.165) is 5.92 Å². The van der Waals surface area contributed by atoms with Gasteiger partial charge in [0.25, 0.3) is 0 Å². The Kier molecular flexibility index (Phi) is 6.90. The molecule has 1 aromatic rings. The van der Waals surface area contributed by atoms with Gasteiger partial charge in [0.2, 0.25) is 0 Å². The predicted molar refractivity (Wildman–Crippen MR) is 146 cm³/mol. The summed E-state index contributed by atoms with van der Waals surface area (Å²) in [6, 6.07) is 12.3. The molecule has 0 amide bonds. The normalized spacial score (nSPS) is 31.1. The Morgan fingerprint density at radius 2 is 1.39 bits per heavy atom. The smallest absolute Gasteiger partial charge is 0.161 e. The van der Waals surface area contributed by atoms with Crippen LogP contribution in [-0.2, 0) is 0 Å². The fraction of sp³-hybridized carbons (Fsp3) is 0.667. The van der Waals surface area contributed by atoms with Crippen LogP contribution in [0.15, 0.2) is 54.6 Å². The third kappa shape index (κ3) is 4.70. The minimum absolute atomic E-state index is 0.109. The molecule has 5 unspecified atom stereocenters. The van der Waals surface area contributed by atoms with Crippen LogP contribution in [0.4, 0.5) is 0 Å². The van der Waals surface area contributed by atoms with Crippen molar-refractivity contribution in [2.45, 2.75) is 96.9 Å². The van der Waals surface area contributed by atoms with Crippen LogP contribution >= 0.6 is 0 Å². The topological polar surface area (TPSA) is 6.48 Å². The van der Waals surface area contributed by atoms with Crippen molar-refractivity contribution >= 4 is 13.4 Å². The predicted octanol–water partition coefficient (Wildman–Crippen LogP) is 6.60. The largest absolute Gasteiger partial charge is 0.310 e. The first-order valence-electron chi connectivity index (χ1n) is 13.4. The molecule has 1 aliphatic heterocycles. The molecule has 0 bridgehead atoms. The van der Waals surface area contributed by atoms with E-state index in [1.165, 1.54) is 32.4 Å². The van der Waals surface area contributed by atoms with Crippen molar-refractivity contribution in [1.82, 2.24) is 9.47 Å². The van der Waals surface area contributed by atoms with Gasteiger partial charge in [-0.05, 0) is 102 Å². The van der Waals surface area contributed by atoms with Crippen LogP contribution in [0, 0.1) is 17.8 Å². The average molecular weight is 465 g/mol. The maximum absolute atomic E-state index is 2.98. The first kappa shape index (κ1) is 24.9. The summed E-state index contributed by atoms with van der Waals surface area (Å²) in [7, 11) is -2.10. The van der Waals surface area contributed by atoms with Crippen molar-refractivity contribution < 1.29 is 0 Å². The summed E-state index contributed by atoms with van der Waals surface area (Å²) >= 11 is 0. The second-order valence-electron chi connectivity index (χ2n) is 13.2. The molecule has 0 aromatic heterocycles. The zero-order valence-corrected chi connectivity index (χ0v) is 23.5. The zero-order chi connectivity index (χ0) is 24.0. The molecule has 3 heteroatoms. The number of benzene rings is 1. The highest BCUT2D eigenvalue weighted by Gasteiger charge is 2.58. The van der Waals surface area contributed by atoms with Crippen molar-refractivity contribution in [3.63, 3.8) is 0 Å². The Morgan fingerprint density at radius 1 is 0.848 bits per heavy atom. The molecular weight excluding hydrogens is 416 g/mol. The van der Waals surface area contributed by atoms with Crippen molar-refractivity contribution in [3.05, 3.63) is 54.6 Å². The van der Waals surface area contributed by atoms with Gasteiger partial charge in [0.15, 0.2) is 8.24 Å². The number of likely N-dealkylation sites (tertiary alicyclic amines) is 1. The average Bonchev–Trinajstić information content (AvgIpc) is 3.13. The third-order valence-electron chi connectivity index (χ3n) is 8.80. The minimum atomic E-state index is -2.10. The highest BCUT2D eigenvalue weighted by Crippen LogP contribution is 2.54. The van der Waals surface area contributed by atoms with Crippen molar-refractivity contribution in [1.29, 1.82) is 0 Å². The molecule has 2 aliphatic carbocycles. The van der Waals surface area contributed by atoms with Crippen LogP contribution in [0.1, 0.15) is 67.7 Å². The van der Waals surface area contributed by atoms with E-state index in [-0.39, 0.29) is 11.1 Å². The fourth-order valence-electron chi connectivity index (χ4n) is 8.04. The van der Waals surface area contributed by atoms with E-state index in [0.29, 0.717) is 23.4 Å². The van der Waals surface area contributed by atoms with E-state index in [1.54, 1.807) is 5.19 Å². The molecule has 33 heavy (non-hydrogen) atoms. The van der Waals surface area contributed by atoms with Gasteiger partial charge in [-0.25, -0.2) is 0 Å². The molecule has 1 heterocycles. The van der Waals surface area contributed by atoms with Crippen LogP contribution in [0.5, 0.6) is 0 Å². The number of hydrogen-bond acceptors (Lipinski definition) is 2. The third-order valence-corrected chi connectivity index (χ3v) is 14.6. The summed E-state index contributed by atoms with van der Waals surface area (Å²) in [6.07, 6.45) is 13.9. The molecule has 1 saturated carbocycles. The van der Waals surface area contributed by atoms with E-state index in [1.807, 2.05) is 0 Å². The van der Waals surface area contributed by atoms with Gasteiger partial charge in [-0.1, -0.05) is 68.1 Å². The van der Waals surface area contributed by atoms with Crippen molar-refractivity contribution in [3.8, 4) is 0 Å². The molecule has 3 aliphatic rings. The van der Waals surface area contributed by atoms with Crippen LogP contribution in [0.3, 0.4) is 0 Å². The lowest BCUT2D eigenvalue weighted by Crippen LogP contribution is -2.73. The highest BCUT2D eigenvalue weighted by atomic mass is 28.3. The Hall–Kier alpha value is -1.16. The van der Waals surface area contributed by atoms with Gasteiger partial charge < -0.3 is 4.57 Å². The Bertz CT molecular complexity index is 840. The number of rotatable bonds is 4. The first-order valence-corrected chi connectivity index (χ1v) is 15.9. The molecule has 0 radical (unpaired) electrons. The quantitative estimate of drug-likeness (QED) is 0.463. The fourth-order valence-corrected chi connectivity index (χ4v) is 14.5. The Morgan fingerprint density at radius 3 is 1.94 bits per heavy atom. The standard InChI is InChI=1S/C30H48N2Si/c1-23-18-20-31(21-19-23)27-22-28(26-17-13-12-16-25(26)27)33(8,24-14-10-9-11-15-24)32(29(2,3)4)30(5,6)7/h9-17,23,25-28H,18-22H2,1-8H3. The number of nitrogens with zero attached hydrogens (tertiary/aromatic N) is 2. The van der Waals surface area contributed by atoms with Crippen LogP contribution in [-0.4, -0.2) is 47.9 Å². The molecule has 1 aromatic carbocycles. The van der Waals surface area contributed by atoms with Gasteiger partial charge in [-0.2, -0.15) is 0 Å². The van der Waals surface area contributed by atoms with E-state index >= 15 is 0 Å². The first-order chi connectivity index (χ1) is 15.4. The van der Waals surface area contributed by atoms with Crippen LogP contribution < -0.4 is 5.19 Å². The summed E-state index contributed by atoms with van der Waals surface area (Å²) in [5, 5.41) is 1.61. The van der Waals surface area contributed by atoms with E-state index in [9.17, 15) is 0 Å². The highest BCUT2D eigenvalue weighted by molar-refractivity contribution is 6.90. The minimum Gasteiger partial charge on any atom is -0.310 e. The van der Waals surface area contributed by atoms with Crippen LogP contribution in [0.25, 0.3) is 0 Å². The maximum Gasteiger partial charge on any atom is 0.161 e. The number of piperidine rings is 1. The van der Waals surface area contributed by atoms with Gasteiger partial charge in [0.1, 0.15) is 0 Å².